The maximum Gasteiger partial charge on any atom is 0.335 e. The third-order valence-corrected chi connectivity index (χ3v) is 7.24. The molecule has 1 N–H and O–H groups in total. The van der Waals surface area contributed by atoms with E-state index in [9.17, 15) is 4.79 Å². The van der Waals surface area contributed by atoms with Gasteiger partial charge in [0.15, 0.2) is 0 Å². The number of hydrogen-bond donors (Lipinski definition) is 1. The van der Waals surface area contributed by atoms with Crippen LogP contribution in [0.4, 0.5) is 0 Å². The average molecular weight is 543 g/mol. The Morgan fingerprint density at radius 1 is 0.972 bits per heavy atom. The number of halogens is 3. The first-order valence-electron chi connectivity index (χ1n) is 11.6. The van der Waals surface area contributed by atoms with Crippen LogP contribution in [0.3, 0.4) is 0 Å². The van der Waals surface area contributed by atoms with Crippen molar-refractivity contribution < 1.29 is 19.2 Å². The smallest absolute Gasteiger partial charge is 0.335 e. The van der Waals surface area contributed by atoms with Gasteiger partial charge in [0.2, 0.25) is 0 Å². The van der Waals surface area contributed by atoms with E-state index in [1.807, 2.05) is 24.3 Å². The monoisotopic (exact) mass is 541 g/mol. The number of aromatic carboxylic acids is 1. The molecule has 0 atom stereocenters. The molecule has 184 valence electrons. The summed E-state index contributed by atoms with van der Waals surface area (Å²) in [6, 6.07) is 17.9. The van der Waals surface area contributed by atoms with Crippen molar-refractivity contribution in [3.8, 4) is 17.0 Å². The maximum absolute atomic E-state index is 11.0. The molecule has 1 saturated carbocycles. The van der Waals surface area contributed by atoms with Crippen LogP contribution in [0.5, 0.6) is 5.75 Å². The molecule has 5 rings (SSSR count). The van der Waals surface area contributed by atoms with Gasteiger partial charge in [0, 0.05) is 16.5 Å². The molecule has 1 aliphatic rings. The van der Waals surface area contributed by atoms with E-state index in [0.29, 0.717) is 38.0 Å². The number of carbonyl (C=O) groups is 1. The van der Waals surface area contributed by atoms with Crippen LogP contribution in [0.25, 0.3) is 11.3 Å². The lowest BCUT2D eigenvalue weighted by atomic mass is 10.0. The number of carboxylic acids is 1. The van der Waals surface area contributed by atoms with E-state index in [2.05, 4.69) is 5.16 Å². The van der Waals surface area contributed by atoms with Gasteiger partial charge in [-0.2, -0.15) is 0 Å². The summed E-state index contributed by atoms with van der Waals surface area (Å²) >= 11 is 19.4. The topological polar surface area (TPSA) is 72.6 Å². The molecule has 0 aliphatic heterocycles. The van der Waals surface area contributed by atoms with Gasteiger partial charge < -0.3 is 14.4 Å². The molecule has 0 radical (unpaired) electrons. The molecular formula is C28H22Cl3NO4. The molecule has 36 heavy (non-hydrogen) atoms. The number of ether oxygens (including phenoxy) is 1. The van der Waals surface area contributed by atoms with E-state index in [4.69, 9.17) is 49.2 Å². The number of hydrogen-bond acceptors (Lipinski definition) is 4. The quantitative estimate of drug-likeness (QED) is 0.230. The van der Waals surface area contributed by atoms with Crippen molar-refractivity contribution in [2.24, 2.45) is 0 Å². The van der Waals surface area contributed by atoms with E-state index in [1.54, 1.807) is 36.4 Å². The van der Waals surface area contributed by atoms with Crippen molar-refractivity contribution in [1.82, 2.24) is 5.16 Å². The van der Waals surface area contributed by atoms with Crippen molar-refractivity contribution in [2.45, 2.75) is 38.2 Å². The summed E-state index contributed by atoms with van der Waals surface area (Å²) in [6.07, 6.45) is 3.57. The van der Waals surface area contributed by atoms with Crippen LogP contribution >= 0.6 is 34.8 Å². The minimum Gasteiger partial charge on any atom is -0.489 e. The fourth-order valence-electron chi connectivity index (χ4n) is 4.12. The second-order valence-corrected chi connectivity index (χ2v) is 10.0. The molecule has 0 saturated heterocycles. The highest BCUT2D eigenvalue weighted by Crippen LogP contribution is 2.46. The van der Waals surface area contributed by atoms with Crippen LogP contribution in [0.2, 0.25) is 15.1 Å². The maximum atomic E-state index is 11.0. The zero-order valence-corrected chi connectivity index (χ0v) is 21.4. The molecule has 1 aliphatic carbocycles. The lowest BCUT2D eigenvalue weighted by Crippen LogP contribution is -2.01. The van der Waals surface area contributed by atoms with Crippen LogP contribution < -0.4 is 4.74 Å². The highest BCUT2D eigenvalue weighted by Gasteiger charge is 2.33. The molecule has 1 heterocycles. The fourth-order valence-corrected chi connectivity index (χ4v) is 4.96. The first-order valence-corrected chi connectivity index (χ1v) is 12.7. The fraction of sp³-hybridized carbons (Fsp3) is 0.214. The van der Waals surface area contributed by atoms with Gasteiger partial charge in [-0.15, -0.1) is 0 Å². The Bertz CT molecular complexity index is 1390. The zero-order valence-electron chi connectivity index (χ0n) is 19.1. The average Bonchev–Trinajstić information content (AvgIpc) is 3.62. The van der Waals surface area contributed by atoms with Gasteiger partial charge in [0.25, 0.3) is 0 Å². The van der Waals surface area contributed by atoms with E-state index in [1.165, 1.54) is 0 Å². The minimum atomic E-state index is -0.933. The number of nitrogens with zero attached hydrogens (tertiary/aromatic N) is 1. The highest BCUT2D eigenvalue weighted by molar-refractivity contribution is 6.39. The summed E-state index contributed by atoms with van der Waals surface area (Å²) in [5.41, 5.74) is 4.39. The summed E-state index contributed by atoms with van der Waals surface area (Å²) in [5, 5.41) is 15.0. The van der Waals surface area contributed by atoms with Gasteiger partial charge in [-0.25, -0.2) is 4.79 Å². The SMILES string of the molecule is O=C(O)c1ccc(CCc2ccc(OCc3c(-c4c(Cl)cccc4Cl)noc3C3CC3)cc2Cl)cc1. The molecule has 3 aromatic carbocycles. The summed E-state index contributed by atoms with van der Waals surface area (Å²) < 4.78 is 11.8. The summed E-state index contributed by atoms with van der Waals surface area (Å²) in [4.78, 5) is 11.0. The predicted octanol–water partition coefficient (Wildman–Crippen LogP) is 8.24. The van der Waals surface area contributed by atoms with Gasteiger partial charge in [-0.05, 0) is 73.2 Å². The zero-order chi connectivity index (χ0) is 25.2. The Hall–Kier alpha value is -2.99. The molecule has 1 aromatic heterocycles. The van der Waals surface area contributed by atoms with Gasteiger partial charge in [0.1, 0.15) is 23.8 Å². The molecule has 0 spiro atoms. The van der Waals surface area contributed by atoms with Crippen molar-refractivity contribution in [1.29, 1.82) is 0 Å². The van der Waals surface area contributed by atoms with E-state index in [0.717, 1.165) is 48.1 Å². The van der Waals surface area contributed by atoms with Crippen LogP contribution in [-0.4, -0.2) is 16.2 Å². The Morgan fingerprint density at radius 2 is 1.69 bits per heavy atom. The third-order valence-electron chi connectivity index (χ3n) is 6.26. The van der Waals surface area contributed by atoms with Crippen molar-refractivity contribution in [2.75, 3.05) is 0 Å². The van der Waals surface area contributed by atoms with Crippen LogP contribution in [-0.2, 0) is 19.4 Å². The molecule has 5 nitrogen and oxygen atoms in total. The third kappa shape index (κ3) is 5.39. The van der Waals surface area contributed by atoms with Gasteiger partial charge in [0.05, 0.1) is 21.2 Å². The minimum absolute atomic E-state index is 0.248. The van der Waals surface area contributed by atoms with Gasteiger partial charge in [-0.1, -0.05) is 64.2 Å². The number of benzene rings is 3. The molecular weight excluding hydrogens is 521 g/mol. The first-order chi connectivity index (χ1) is 17.4. The van der Waals surface area contributed by atoms with Gasteiger partial charge >= 0.3 is 5.97 Å². The number of rotatable bonds is 9. The summed E-state index contributed by atoms with van der Waals surface area (Å²) in [6.45, 7) is 0.248. The Labute approximate surface area is 223 Å². The molecule has 4 aromatic rings. The second kappa shape index (κ2) is 10.6. The van der Waals surface area contributed by atoms with Crippen LogP contribution in [0.1, 0.15) is 51.6 Å². The Balaban J connectivity index is 1.30. The number of aryl methyl sites for hydroxylation is 2. The van der Waals surface area contributed by atoms with E-state index < -0.39 is 5.97 Å². The molecule has 0 amide bonds. The lowest BCUT2D eigenvalue weighted by Gasteiger charge is -2.11. The van der Waals surface area contributed by atoms with E-state index >= 15 is 0 Å². The summed E-state index contributed by atoms with van der Waals surface area (Å²) in [5.74, 6) is 0.852. The standard InChI is InChI=1S/C28H22Cl3NO4/c29-22-2-1-3-23(30)25(22)26-21(27(36-32-26)18-10-11-18)15-35-20-13-12-17(24(31)14-20)7-4-16-5-8-19(9-6-16)28(33)34/h1-3,5-6,8-9,12-14,18H,4,7,10-11,15H2,(H,33,34). The van der Waals surface area contributed by atoms with Gasteiger partial charge in [-0.3, -0.25) is 0 Å². The predicted molar refractivity (Wildman–Crippen MR) is 141 cm³/mol. The largest absolute Gasteiger partial charge is 0.489 e. The molecule has 1 fully saturated rings. The van der Waals surface area contributed by atoms with Crippen molar-refractivity contribution in [3.05, 3.63) is 104 Å². The summed E-state index contributed by atoms with van der Waals surface area (Å²) in [7, 11) is 0. The van der Waals surface area contributed by atoms with Crippen LogP contribution in [0.15, 0.2) is 65.2 Å². The first kappa shape index (κ1) is 24.7. The lowest BCUT2D eigenvalue weighted by molar-refractivity contribution is 0.0697. The Kier molecular flexibility index (Phi) is 7.24. The molecule has 0 unspecified atom stereocenters. The van der Waals surface area contributed by atoms with Crippen LogP contribution in [0, 0.1) is 0 Å². The van der Waals surface area contributed by atoms with E-state index in [-0.39, 0.29) is 12.2 Å². The number of carboxylic acid groups (broad SMARTS) is 1. The molecule has 0 bridgehead atoms. The highest BCUT2D eigenvalue weighted by atomic mass is 35.5. The second-order valence-electron chi connectivity index (χ2n) is 8.79. The number of aromatic nitrogens is 1. The Morgan fingerprint density at radius 3 is 2.33 bits per heavy atom. The van der Waals surface area contributed by atoms with Crippen molar-refractivity contribution >= 4 is 40.8 Å². The normalized spacial score (nSPS) is 13.1. The molecule has 8 heteroatoms. The van der Waals surface area contributed by atoms with Crippen molar-refractivity contribution in [3.63, 3.8) is 0 Å².